The summed E-state index contributed by atoms with van der Waals surface area (Å²) in [5.74, 6) is 0. The van der Waals surface area contributed by atoms with Crippen LogP contribution in [0.1, 0.15) is 11.3 Å². The third-order valence-electron chi connectivity index (χ3n) is 3.51. The van der Waals surface area contributed by atoms with Gasteiger partial charge in [-0.1, -0.05) is 18.2 Å². The molecule has 0 aliphatic carbocycles. The van der Waals surface area contributed by atoms with Gasteiger partial charge in [0, 0.05) is 17.3 Å². The molecule has 1 amide bonds. The van der Waals surface area contributed by atoms with Crippen molar-refractivity contribution in [1.82, 2.24) is 8.96 Å². The van der Waals surface area contributed by atoms with Gasteiger partial charge in [0.1, 0.15) is 0 Å². The predicted octanol–water partition coefficient (Wildman–Crippen LogP) is 1.99. The van der Waals surface area contributed by atoms with Crippen molar-refractivity contribution < 1.29 is 13.2 Å². The van der Waals surface area contributed by atoms with Gasteiger partial charge in [0.05, 0.1) is 4.90 Å². The van der Waals surface area contributed by atoms with E-state index in [-0.39, 0.29) is 11.3 Å². The Hall–Kier alpha value is -2.67. The summed E-state index contributed by atoms with van der Waals surface area (Å²) in [6, 6.07) is 12.1. The average Bonchev–Trinajstić information content (AvgIpc) is 2.81. The first-order valence-corrected chi connectivity index (χ1v) is 8.27. The van der Waals surface area contributed by atoms with E-state index in [1.54, 1.807) is 43.5 Å². The van der Waals surface area contributed by atoms with Crippen molar-refractivity contribution >= 4 is 27.5 Å². The van der Waals surface area contributed by atoms with Crippen molar-refractivity contribution in [2.24, 2.45) is 5.73 Å². The lowest BCUT2D eigenvalue weighted by Crippen LogP contribution is -2.14. The molecule has 6 nitrogen and oxygen atoms in total. The number of amides is 1. The molecule has 0 fully saturated rings. The number of aromatic nitrogens is 2. The molecular formula is C16H17N3O3S. The van der Waals surface area contributed by atoms with E-state index in [4.69, 9.17) is 4.79 Å². The van der Waals surface area contributed by atoms with E-state index in [9.17, 15) is 8.42 Å². The fraction of sp³-hybridized carbons (Fsp3) is 0.125. The molecule has 0 aliphatic heterocycles. The second kappa shape index (κ2) is 6.62. The number of pyridine rings is 1. The first-order valence-electron chi connectivity index (χ1n) is 6.83. The summed E-state index contributed by atoms with van der Waals surface area (Å²) in [4.78, 5) is 13.1. The highest BCUT2D eigenvalue weighted by atomic mass is 32.2. The summed E-state index contributed by atoms with van der Waals surface area (Å²) in [5, 5.41) is 0.865. The number of fused-ring (bicyclic) bond motifs is 1. The van der Waals surface area contributed by atoms with Crippen molar-refractivity contribution in [3.05, 3.63) is 59.9 Å². The Bertz CT molecular complexity index is 932. The molecule has 0 aliphatic rings. The molecule has 120 valence electrons. The van der Waals surface area contributed by atoms with Gasteiger partial charge >= 0.3 is 0 Å². The fourth-order valence-electron chi connectivity index (χ4n) is 2.35. The summed E-state index contributed by atoms with van der Waals surface area (Å²) in [6.07, 6.45) is 1.86. The van der Waals surface area contributed by atoms with Crippen LogP contribution in [0.25, 0.3) is 11.0 Å². The van der Waals surface area contributed by atoms with Crippen LogP contribution in [0.3, 0.4) is 0 Å². The zero-order valence-corrected chi connectivity index (χ0v) is 13.6. The van der Waals surface area contributed by atoms with E-state index in [0.29, 0.717) is 11.3 Å². The van der Waals surface area contributed by atoms with Crippen LogP contribution in [0.5, 0.6) is 0 Å². The molecule has 7 heteroatoms. The molecule has 0 saturated heterocycles. The molecule has 3 aromatic rings. The Morgan fingerprint density at radius 2 is 1.70 bits per heavy atom. The number of primary amides is 1. The Kier molecular flexibility index (Phi) is 4.80. The van der Waals surface area contributed by atoms with Gasteiger partial charge in [-0.3, -0.25) is 4.79 Å². The summed E-state index contributed by atoms with van der Waals surface area (Å²) < 4.78 is 26.9. The van der Waals surface area contributed by atoms with Gasteiger partial charge in [0.25, 0.3) is 10.0 Å². The molecule has 0 atom stereocenters. The summed E-state index contributed by atoms with van der Waals surface area (Å²) in [5.41, 5.74) is 6.28. The molecule has 0 bridgehead atoms. The van der Waals surface area contributed by atoms with Crippen LogP contribution < -0.4 is 5.73 Å². The molecule has 0 radical (unpaired) electrons. The van der Waals surface area contributed by atoms with Crippen LogP contribution in [-0.2, 0) is 14.8 Å². The predicted molar refractivity (Wildman–Crippen MR) is 88.5 cm³/mol. The molecule has 2 N–H and O–H groups in total. The quantitative estimate of drug-likeness (QED) is 0.726. The lowest BCUT2D eigenvalue weighted by Gasteiger charge is -2.09. The third kappa shape index (κ3) is 2.95. The minimum atomic E-state index is -3.62. The molecular weight excluding hydrogens is 314 g/mol. The van der Waals surface area contributed by atoms with Crippen molar-refractivity contribution in [3.8, 4) is 0 Å². The van der Waals surface area contributed by atoms with Gasteiger partial charge < -0.3 is 5.73 Å². The molecule has 1 aromatic carbocycles. The second-order valence-electron chi connectivity index (χ2n) is 4.80. The van der Waals surface area contributed by atoms with E-state index < -0.39 is 10.0 Å². The minimum Gasteiger partial charge on any atom is -0.372 e. The molecule has 0 spiro atoms. The average molecular weight is 331 g/mol. The number of carbonyl (C=O) groups is 1. The van der Waals surface area contributed by atoms with Gasteiger partial charge in [0.2, 0.25) is 6.41 Å². The Labute approximate surface area is 134 Å². The maximum Gasteiger partial charge on any atom is 0.269 e. The first kappa shape index (κ1) is 16.7. The fourth-order valence-corrected chi connectivity index (χ4v) is 3.93. The van der Waals surface area contributed by atoms with Crippen molar-refractivity contribution in [3.63, 3.8) is 0 Å². The Morgan fingerprint density at radius 3 is 2.30 bits per heavy atom. The zero-order valence-electron chi connectivity index (χ0n) is 12.8. The Morgan fingerprint density at radius 1 is 1.09 bits per heavy atom. The van der Waals surface area contributed by atoms with Crippen molar-refractivity contribution in [1.29, 1.82) is 0 Å². The molecule has 2 aromatic heterocycles. The standard InChI is InChI=1S/C15H14N2O2S.CH3NO/c1-11-12(2)17(15-14(11)9-6-10-16-15)20(18,19)13-7-4-3-5-8-13;2-1-3/h3-10H,1-2H3;1H,(H2,2,3). The molecule has 3 rings (SSSR count). The summed E-state index contributed by atoms with van der Waals surface area (Å²) in [7, 11) is -3.62. The number of hydrogen-bond donors (Lipinski definition) is 1. The monoisotopic (exact) mass is 331 g/mol. The topological polar surface area (TPSA) is 95.1 Å². The van der Waals surface area contributed by atoms with Crippen molar-refractivity contribution in [2.45, 2.75) is 18.7 Å². The van der Waals surface area contributed by atoms with E-state index in [2.05, 4.69) is 10.7 Å². The van der Waals surface area contributed by atoms with E-state index in [1.807, 2.05) is 19.1 Å². The van der Waals surface area contributed by atoms with E-state index in [0.717, 1.165) is 10.9 Å². The van der Waals surface area contributed by atoms with E-state index in [1.165, 1.54) is 3.97 Å². The number of nitrogens with zero attached hydrogens (tertiary/aromatic N) is 2. The van der Waals surface area contributed by atoms with Gasteiger partial charge in [-0.2, -0.15) is 0 Å². The maximum absolute atomic E-state index is 12.8. The maximum atomic E-state index is 12.8. The highest BCUT2D eigenvalue weighted by molar-refractivity contribution is 7.90. The second-order valence-corrected chi connectivity index (χ2v) is 6.59. The highest BCUT2D eigenvalue weighted by Crippen LogP contribution is 2.27. The van der Waals surface area contributed by atoms with Crippen LogP contribution in [0.2, 0.25) is 0 Å². The van der Waals surface area contributed by atoms with Crippen LogP contribution in [0, 0.1) is 13.8 Å². The largest absolute Gasteiger partial charge is 0.372 e. The Balaban J connectivity index is 0.000000595. The number of nitrogens with two attached hydrogens (primary N) is 1. The van der Waals surface area contributed by atoms with Gasteiger partial charge in [0.15, 0.2) is 5.65 Å². The first-order chi connectivity index (χ1) is 10.9. The third-order valence-corrected chi connectivity index (χ3v) is 5.31. The van der Waals surface area contributed by atoms with Crippen molar-refractivity contribution in [2.75, 3.05) is 0 Å². The van der Waals surface area contributed by atoms with Crippen LogP contribution in [0.4, 0.5) is 0 Å². The minimum absolute atomic E-state index is 0.250. The molecule has 23 heavy (non-hydrogen) atoms. The van der Waals surface area contributed by atoms with Gasteiger partial charge in [-0.25, -0.2) is 17.4 Å². The number of rotatable bonds is 2. The lowest BCUT2D eigenvalue weighted by molar-refractivity contribution is -0.106. The van der Waals surface area contributed by atoms with Gasteiger partial charge in [-0.05, 0) is 43.7 Å². The highest BCUT2D eigenvalue weighted by Gasteiger charge is 2.23. The van der Waals surface area contributed by atoms with Crippen LogP contribution in [0.15, 0.2) is 53.6 Å². The smallest absolute Gasteiger partial charge is 0.269 e. The molecule has 0 unspecified atom stereocenters. The molecule has 0 saturated carbocycles. The van der Waals surface area contributed by atoms with E-state index >= 15 is 0 Å². The number of carbonyl (C=O) groups excluding carboxylic acids is 1. The molecule has 2 heterocycles. The lowest BCUT2D eigenvalue weighted by atomic mass is 10.2. The van der Waals surface area contributed by atoms with Crippen LogP contribution in [-0.4, -0.2) is 23.8 Å². The van der Waals surface area contributed by atoms with Crippen LogP contribution >= 0.6 is 0 Å². The number of hydrogen-bond acceptors (Lipinski definition) is 4. The van der Waals surface area contributed by atoms with Gasteiger partial charge in [-0.15, -0.1) is 0 Å². The normalized spacial score (nSPS) is 10.9. The summed E-state index contributed by atoms with van der Waals surface area (Å²) in [6.45, 7) is 3.72. The SMILES string of the molecule is Cc1c(C)n(S(=O)(=O)c2ccccc2)c2ncccc12.NC=O. The zero-order chi connectivity index (χ0) is 17.0. The summed E-state index contributed by atoms with van der Waals surface area (Å²) >= 11 is 0. The number of benzene rings is 1. The number of aryl methyl sites for hydroxylation is 1.